The number of aryl methyl sites for hydroxylation is 3. The van der Waals surface area contributed by atoms with Crippen LogP contribution < -0.4 is 10.5 Å². The van der Waals surface area contributed by atoms with Gasteiger partial charge in [0.05, 0.1) is 10.9 Å². The van der Waals surface area contributed by atoms with Crippen molar-refractivity contribution < 1.29 is 8.42 Å². The molecule has 6 nitrogen and oxygen atoms in total. The van der Waals surface area contributed by atoms with Crippen LogP contribution >= 0.6 is 0 Å². The summed E-state index contributed by atoms with van der Waals surface area (Å²) in [6.07, 6.45) is 0.707. The third-order valence-corrected chi connectivity index (χ3v) is 4.67. The fraction of sp³-hybridized carbons (Fsp3) is 0.727. The molecule has 3 N–H and O–H groups in total. The summed E-state index contributed by atoms with van der Waals surface area (Å²) in [5, 5.41) is 3.77. The van der Waals surface area contributed by atoms with Crippen molar-refractivity contribution in [3.05, 3.63) is 17.5 Å². The van der Waals surface area contributed by atoms with Crippen LogP contribution in [0.1, 0.15) is 24.7 Å². The predicted molar refractivity (Wildman–Crippen MR) is 71.8 cm³/mol. The van der Waals surface area contributed by atoms with Gasteiger partial charge in [-0.25, -0.2) is 13.1 Å². The second-order valence-corrected chi connectivity index (χ2v) is 6.67. The molecule has 1 rings (SSSR count). The summed E-state index contributed by atoms with van der Waals surface area (Å²) in [5.41, 5.74) is 7.41. The minimum atomic E-state index is -3.27. The molecule has 1 aromatic rings. The van der Waals surface area contributed by atoms with Gasteiger partial charge in [0, 0.05) is 25.3 Å². The molecule has 0 amide bonds. The first-order chi connectivity index (χ1) is 8.36. The van der Waals surface area contributed by atoms with Gasteiger partial charge in [0.25, 0.3) is 0 Å². The standard InChI is InChI=1S/C11H22N4O2S/c1-9-7-10(2)15(14-9)6-4-5-13-18(16,17)11(3)8-12/h7,11,13H,4-6,8,12H2,1-3H3. The van der Waals surface area contributed by atoms with E-state index in [-0.39, 0.29) is 6.54 Å². The zero-order chi connectivity index (χ0) is 13.8. The summed E-state index contributed by atoms with van der Waals surface area (Å²) in [7, 11) is -3.27. The number of nitrogens with one attached hydrogen (secondary N) is 1. The Morgan fingerprint density at radius 3 is 2.67 bits per heavy atom. The third-order valence-electron chi connectivity index (χ3n) is 2.81. The predicted octanol–water partition coefficient (Wildman–Crippen LogP) is 0.157. The summed E-state index contributed by atoms with van der Waals surface area (Å²) in [6.45, 7) is 6.77. The van der Waals surface area contributed by atoms with E-state index in [1.165, 1.54) is 0 Å². The second-order valence-electron chi connectivity index (χ2n) is 4.49. The Morgan fingerprint density at radius 2 is 2.17 bits per heavy atom. The number of rotatable bonds is 7. The average Bonchev–Trinajstić information content (AvgIpc) is 2.62. The summed E-state index contributed by atoms with van der Waals surface area (Å²) in [4.78, 5) is 0. The lowest BCUT2D eigenvalue weighted by molar-refractivity contribution is 0.539. The highest BCUT2D eigenvalue weighted by Gasteiger charge is 2.17. The molecule has 0 fully saturated rings. The Labute approximate surface area is 109 Å². The third kappa shape index (κ3) is 4.08. The first kappa shape index (κ1) is 15.1. The van der Waals surface area contributed by atoms with Crippen molar-refractivity contribution in [1.29, 1.82) is 0 Å². The van der Waals surface area contributed by atoms with Gasteiger partial charge in [-0.15, -0.1) is 0 Å². The fourth-order valence-corrected chi connectivity index (χ4v) is 2.58. The number of hydrogen-bond acceptors (Lipinski definition) is 4. The van der Waals surface area contributed by atoms with Crippen LogP contribution in [0.2, 0.25) is 0 Å². The maximum atomic E-state index is 11.6. The molecule has 0 aliphatic carbocycles. The Balaban J connectivity index is 2.38. The molecule has 0 radical (unpaired) electrons. The molecule has 1 atom stereocenters. The molecule has 18 heavy (non-hydrogen) atoms. The van der Waals surface area contributed by atoms with Gasteiger partial charge in [0.1, 0.15) is 0 Å². The van der Waals surface area contributed by atoms with Gasteiger partial charge in [0.15, 0.2) is 0 Å². The van der Waals surface area contributed by atoms with Crippen LogP contribution in [0.5, 0.6) is 0 Å². The zero-order valence-corrected chi connectivity index (χ0v) is 12.0. The van der Waals surface area contributed by atoms with Crippen LogP contribution in [0.3, 0.4) is 0 Å². The second kappa shape index (κ2) is 6.31. The quantitative estimate of drug-likeness (QED) is 0.693. The molecule has 0 aliphatic heterocycles. The molecule has 0 spiro atoms. The highest BCUT2D eigenvalue weighted by atomic mass is 32.2. The highest BCUT2D eigenvalue weighted by Crippen LogP contribution is 2.02. The van der Waals surface area contributed by atoms with E-state index < -0.39 is 15.3 Å². The lowest BCUT2D eigenvalue weighted by Gasteiger charge is -2.11. The summed E-state index contributed by atoms with van der Waals surface area (Å²) in [6, 6.07) is 2.00. The zero-order valence-electron chi connectivity index (χ0n) is 11.2. The van der Waals surface area contributed by atoms with Crippen LogP contribution in [-0.4, -0.2) is 36.5 Å². The molecular weight excluding hydrogens is 252 g/mol. The van der Waals surface area contributed by atoms with Crippen molar-refractivity contribution in [2.45, 2.75) is 39.0 Å². The number of nitrogens with zero attached hydrogens (tertiary/aromatic N) is 2. The summed E-state index contributed by atoms with van der Waals surface area (Å²) in [5.74, 6) is 0. The molecule has 0 aromatic carbocycles. The van der Waals surface area contributed by atoms with Crippen LogP contribution in [0.4, 0.5) is 0 Å². The van der Waals surface area contributed by atoms with E-state index in [4.69, 9.17) is 5.73 Å². The lowest BCUT2D eigenvalue weighted by Crippen LogP contribution is -2.37. The van der Waals surface area contributed by atoms with Crippen molar-refractivity contribution in [3.8, 4) is 0 Å². The molecule has 7 heteroatoms. The lowest BCUT2D eigenvalue weighted by atomic mass is 10.4. The summed E-state index contributed by atoms with van der Waals surface area (Å²) < 4.78 is 27.7. The van der Waals surface area contributed by atoms with E-state index in [1.54, 1.807) is 6.92 Å². The van der Waals surface area contributed by atoms with E-state index in [1.807, 2.05) is 24.6 Å². The maximum Gasteiger partial charge on any atom is 0.215 e. The number of hydrogen-bond donors (Lipinski definition) is 2. The van der Waals surface area contributed by atoms with E-state index in [2.05, 4.69) is 9.82 Å². The van der Waals surface area contributed by atoms with Crippen molar-refractivity contribution in [2.24, 2.45) is 5.73 Å². The largest absolute Gasteiger partial charge is 0.329 e. The number of aromatic nitrogens is 2. The van der Waals surface area contributed by atoms with Gasteiger partial charge >= 0.3 is 0 Å². The smallest absolute Gasteiger partial charge is 0.215 e. The Kier molecular flexibility index (Phi) is 5.30. The average molecular weight is 274 g/mol. The first-order valence-electron chi connectivity index (χ1n) is 6.06. The first-order valence-corrected chi connectivity index (χ1v) is 7.61. The van der Waals surface area contributed by atoms with Gasteiger partial charge in [-0.3, -0.25) is 4.68 Å². The van der Waals surface area contributed by atoms with Crippen molar-refractivity contribution in [3.63, 3.8) is 0 Å². The normalized spacial score (nSPS) is 13.8. The minimum absolute atomic E-state index is 0.132. The van der Waals surface area contributed by atoms with Gasteiger partial charge < -0.3 is 5.73 Å². The minimum Gasteiger partial charge on any atom is -0.329 e. The number of nitrogens with two attached hydrogens (primary N) is 1. The van der Waals surface area contributed by atoms with Crippen LogP contribution in [0, 0.1) is 13.8 Å². The fourth-order valence-electron chi connectivity index (χ4n) is 1.61. The van der Waals surface area contributed by atoms with Crippen LogP contribution in [-0.2, 0) is 16.6 Å². The molecule has 104 valence electrons. The SMILES string of the molecule is Cc1cc(C)n(CCCNS(=O)(=O)C(C)CN)n1. The molecule has 1 heterocycles. The number of sulfonamides is 1. The van der Waals surface area contributed by atoms with Crippen molar-refractivity contribution in [1.82, 2.24) is 14.5 Å². The Hall–Kier alpha value is -0.920. The monoisotopic (exact) mass is 274 g/mol. The molecule has 0 saturated carbocycles. The topological polar surface area (TPSA) is 90.0 Å². The van der Waals surface area contributed by atoms with Crippen molar-refractivity contribution >= 4 is 10.0 Å². The van der Waals surface area contributed by atoms with Crippen LogP contribution in [0.25, 0.3) is 0 Å². The maximum absolute atomic E-state index is 11.6. The molecule has 0 aliphatic rings. The molecule has 0 saturated heterocycles. The van der Waals surface area contributed by atoms with E-state index in [0.717, 1.165) is 11.4 Å². The highest BCUT2D eigenvalue weighted by molar-refractivity contribution is 7.90. The van der Waals surface area contributed by atoms with Gasteiger partial charge in [-0.1, -0.05) is 0 Å². The Bertz CT molecular complexity index is 481. The van der Waals surface area contributed by atoms with E-state index in [9.17, 15) is 8.42 Å². The molecular formula is C11H22N4O2S. The van der Waals surface area contributed by atoms with Gasteiger partial charge in [-0.05, 0) is 33.3 Å². The van der Waals surface area contributed by atoms with E-state index >= 15 is 0 Å². The molecule has 0 bridgehead atoms. The van der Waals surface area contributed by atoms with Crippen LogP contribution in [0.15, 0.2) is 6.07 Å². The van der Waals surface area contributed by atoms with Gasteiger partial charge in [0.2, 0.25) is 10.0 Å². The molecule has 1 unspecified atom stereocenters. The van der Waals surface area contributed by atoms with Crippen molar-refractivity contribution in [2.75, 3.05) is 13.1 Å². The summed E-state index contributed by atoms with van der Waals surface area (Å²) >= 11 is 0. The molecule has 1 aromatic heterocycles. The van der Waals surface area contributed by atoms with Gasteiger partial charge in [-0.2, -0.15) is 5.10 Å². The Morgan fingerprint density at radius 1 is 1.50 bits per heavy atom. The van der Waals surface area contributed by atoms with E-state index in [0.29, 0.717) is 19.5 Å².